The van der Waals surface area contributed by atoms with E-state index in [1.165, 1.54) is 0 Å². The average molecular weight is 482 g/mol. The normalized spacial score (nSPS) is 13.6. The fourth-order valence-electron chi connectivity index (χ4n) is 0.328. The molecule has 0 amide bonds. The van der Waals surface area contributed by atoms with Crippen molar-refractivity contribution in [1.29, 1.82) is 0 Å². The molecule has 0 aliphatic heterocycles. The van der Waals surface area contributed by atoms with Crippen LogP contribution in [0.2, 0.25) is 0 Å². The molecule has 0 bridgehead atoms. The molecule has 0 aliphatic carbocycles. The fraction of sp³-hybridized carbons (Fsp3) is 0.500. The third kappa shape index (κ3) is 9.19. The molecular formula is C6H9BiO12. The second-order valence-corrected chi connectivity index (χ2v) is 5.90. The molecule has 12 nitrogen and oxygen atoms in total. The first kappa shape index (κ1) is 17.6. The minimum absolute atomic E-state index is 0.506. The van der Waals surface area contributed by atoms with Crippen LogP contribution in [0.3, 0.4) is 0 Å². The molecule has 0 N–H and O–H groups in total. The van der Waals surface area contributed by atoms with Gasteiger partial charge in [0.25, 0.3) is 0 Å². The van der Waals surface area contributed by atoms with E-state index >= 15 is 0 Å². The first-order chi connectivity index (χ1) is 9.03. The van der Waals surface area contributed by atoms with Crippen LogP contribution in [0, 0.1) is 0 Å². The summed E-state index contributed by atoms with van der Waals surface area (Å²) in [7, 11) is 0. The Bertz CT molecular complexity index is 285. The molecule has 0 atom stereocenters. The molecule has 0 fully saturated rings. The Morgan fingerprint density at radius 1 is 0.684 bits per heavy atom. The van der Waals surface area contributed by atoms with Gasteiger partial charge in [-0.15, -0.1) is 0 Å². The molecule has 0 saturated carbocycles. The Labute approximate surface area is 115 Å². The first-order valence-electron chi connectivity index (χ1n) is 4.27. The number of carbonyl (C=O) groups excluding carboxylic acids is 3. The SMILES string of the molecule is CC(O[O][Bi]([O]OC(C)=[O+][O-])[O]OC(C)=[O+][O-])=[O+][O-]. The Morgan fingerprint density at radius 2 is 0.947 bits per heavy atom. The summed E-state index contributed by atoms with van der Waals surface area (Å²) in [6.07, 6.45) is 0. The fourth-order valence-corrected chi connectivity index (χ4v) is 2.55. The zero-order chi connectivity index (χ0) is 14.7. The van der Waals surface area contributed by atoms with Crippen molar-refractivity contribution in [1.82, 2.24) is 0 Å². The van der Waals surface area contributed by atoms with Gasteiger partial charge in [0.15, 0.2) is 0 Å². The van der Waals surface area contributed by atoms with Gasteiger partial charge in [-0.1, -0.05) is 0 Å². The van der Waals surface area contributed by atoms with Crippen LogP contribution in [0.15, 0.2) is 0 Å². The monoisotopic (exact) mass is 482 g/mol. The molecule has 0 unspecified atom stereocenters. The number of rotatable bonds is 6. The second kappa shape index (κ2) is 10.5. The predicted octanol–water partition coefficient (Wildman–Crippen LogP) is -4.11. The van der Waals surface area contributed by atoms with E-state index < -0.39 is 41.0 Å². The van der Waals surface area contributed by atoms with Crippen LogP contribution in [0.25, 0.3) is 0 Å². The molecule has 19 heavy (non-hydrogen) atoms. The summed E-state index contributed by atoms with van der Waals surface area (Å²) in [5.74, 6) is -1.52. The second-order valence-electron chi connectivity index (χ2n) is 2.42. The van der Waals surface area contributed by atoms with Crippen LogP contribution < -0.4 is 15.8 Å². The van der Waals surface area contributed by atoms with E-state index in [9.17, 15) is 15.8 Å². The third-order valence-corrected chi connectivity index (χ3v) is 3.29. The van der Waals surface area contributed by atoms with Gasteiger partial charge >= 0.3 is 115 Å². The van der Waals surface area contributed by atoms with E-state index in [-0.39, 0.29) is 0 Å². The Balaban J connectivity index is 4.29. The number of hydrogen-bond acceptors (Lipinski definition) is 9. The first-order valence-corrected chi connectivity index (χ1v) is 8.53. The molecule has 0 heterocycles. The van der Waals surface area contributed by atoms with E-state index in [0.717, 1.165) is 20.8 Å². The molecule has 0 aromatic rings. The van der Waals surface area contributed by atoms with Crippen LogP contribution in [-0.4, -0.2) is 41.0 Å². The van der Waals surface area contributed by atoms with E-state index in [1.807, 2.05) is 0 Å². The Hall–Kier alpha value is -1.43. The number of hydrogen-bond donors (Lipinski definition) is 0. The summed E-state index contributed by atoms with van der Waals surface area (Å²) in [5.41, 5.74) is 0. The molecular weight excluding hydrogens is 473 g/mol. The van der Waals surface area contributed by atoms with E-state index in [2.05, 4.69) is 37.3 Å². The van der Waals surface area contributed by atoms with Gasteiger partial charge in [-0.3, -0.25) is 0 Å². The summed E-state index contributed by atoms with van der Waals surface area (Å²) in [6.45, 7) is 3.40. The molecule has 0 spiro atoms. The third-order valence-electron chi connectivity index (χ3n) is 0.999. The van der Waals surface area contributed by atoms with Crippen molar-refractivity contribution in [3.63, 3.8) is 0 Å². The predicted molar refractivity (Wildman–Crippen MR) is 44.3 cm³/mol. The average Bonchev–Trinajstić information content (AvgIpc) is 2.44. The van der Waals surface area contributed by atoms with Gasteiger partial charge in [-0.2, -0.15) is 0 Å². The van der Waals surface area contributed by atoms with Gasteiger partial charge in [-0.25, -0.2) is 0 Å². The summed E-state index contributed by atoms with van der Waals surface area (Å²) in [5, 5.41) is 29.6. The van der Waals surface area contributed by atoms with Gasteiger partial charge < -0.3 is 0 Å². The van der Waals surface area contributed by atoms with Gasteiger partial charge in [0.2, 0.25) is 0 Å². The minimum atomic E-state index is -4.00. The quantitative estimate of drug-likeness (QED) is 0.159. The van der Waals surface area contributed by atoms with Crippen molar-refractivity contribution in [2.24, 2.45) is 0 Å². The van der Waals surface area contributed by atoms with Gasteiger partial charge in [-0.05, 0) is 0 Å². The van der Waals surface area contributed by atoms with Crippen LogP contribution in [0.1, 0.15) is 20.8 Å². The molecule has 0 saturated heterocycles. The van der Waals surface area contributed by atoms with E-state index in [1.54, 1.807) is 0 Å². The van der Waals surface area contributed by atoms with Crippen LogP contribution in [-0.2, 0) is 37.3 Å². The maximum atomic E-state index is 9.87. The molecule has 0 aliphatic rings. The van der Waals surface area contributed by atoms with Crippen molar-refractivity contribution in [2.45, 2.75) is 20.8 Å². The van der Waals surface area contributed by atoms with Crippen molar-refractivity contribution in [3.8, 4) is 0 Å². The van der Waals surface area contributed by atoms with Gasteiger partial charge in [0.1, 0.15) is 0 Å². The zero-order valence-corrected chi connectivity index (χ0v) is 13.3. The maximum absolute atomic E-state index is 9.87. The molecule has 0 rings (SSSR count). The standard InChI is InChI=1S/3C2H4O4.Bi/c3*1-2(5-3)6-4;/h3*3H,1H3;/q;;;+3/p-3. The van der Waals surface area contributed by atoms with Crippen LogP contribution >= 0.6 is 0 Å². The topological polar surface area (TPSA) is 158 Å². The Morgan fingerprint density at radius 3 is 1.16 bits per heavy atom. The van der Waals surface area contributed by atoms with Crippen molar-refractivity contribution in [2.75, 3.05) is 0 Å². The van der Waals surface area contributed by atoms with Crippen LogP contribution in [0.4, 0.5) is 0 Å². The Kier molecular flexibility index (Phi) is 9.70. The molecule has 0 aromatic carbocycles. The van der Waals surface area contributed by atoms with Gasteiger partial charge in [0, 0.05) is 0 Å². The zero-order valence-electron chi connectivity index (χ0n) is 9.85. The van der Waals surface area contributed by atoms with E-state index in [0.29, 0.717) is 0 Å². The summed E-state index contributed by atoms with van der Waals surface area (Å²) in [4.78, 5) is 12.9. The van der Waals surface area contributed by atoms with Crippen molar-refractivity contribution >= 4 is 41.0 Å². The summed E-state index contributed by atoms with van der Waals surface area (Å²) < 4.78 is 23.7. The molecule has 0 radical (unpaired) electrons. The summed E-state index contributed by atoms with van der Waals surface area (Å²) >= 11 is -4.00. The van der Waals surface area contributed by atoms with Crippen LogP contribution in [0.5, 0.6) is 0 Å². The molecule has 0 aromatic heterocycles. The molecule has 110 valence electrons. The van der Waals surface area contributed by atoms with E-state index in [4.69, 9.17) is 0 Å². The van der Waals surface area contributed by atoms with Crippen molar-refractivity contribution < 1.29 is 53.1 Å². The molecule has 13 heteroatoms. The van der Waals surface area contributed by atoms with Crippen molar-refractivity contribution in [3.05, 3.63) is 0 Å². The van der Waals surface area contributed by atoms with Gasteiger partial charge in [0.05, 0.1) is 0 Å². The summed E-state index contributed by atoms with van der Waals surface area (Å²) in [6, 6.07) is 0.